The summed E-state index contributed by atoms with van der Waals surface area (Å²) < 4.78 is 0. The van der Waals surface area contributed by atoms with Gasteiger partial charge in [-0.25, -0.2) is 0 Å². The van der Waals surface area contributed by atoms with Crippen LogP contribution in [0.3, 0.4) is 0 Å². The topological polar surface area (TPSA) is 42.1 Å². The summed E-state index contributed by atoms with van der Waals surface area (Å²) in [7, 11) is 2.07. The first-order valence-electron chi connectivity index (χ1n) is 6.12. The molecule has 0 aliphatic heterocycles. The molecule has 0 bridgehead atoms. The zero-order valence-electron chi connectivity index (χ0n) is 10.9. The number of hydrogen-bond acceptors (Lipinski definition) is 3. The van der Waals surface area contributed by atoms with Gasteiger partial charge in [-0.1, -0.05) is 36.5 Å². The summed E-state index contributed by atoms with van der Waals surface area (Å²) in [6.45, 7) is 1.66. The van der Waals surface area contributed by atoms with Gasteiger partial charge in [0.25, 0.3) is 0 Å². The quantitative estimate of drug-likeness (QED) is 0.848. The summed E-state index contributed by atoms with van der Waals surface area (Å²) >= 11 is 4.99. The van der Waals surface area contributed by atoms with Crippen molar-refractivity contribution in [2.75, 3.05) is 7.05 Å². The van der Waals surface area contributed by atoms with Crippen LogP contribution in [0.1, 0.15) is 16.8 Å². The normalized spacial score (nSPS) is 10.6. The fourth-order valence-electron chi connectivity index (χ4n) is 1.96. The van der Waals surface area contributed by atoms with Crippen molar-refractivity contribution >= 4 is 17.2 Å². The standard InChI is InChI=1S/C15H17N3S/c1-18(11-14-7-2-3-8-17-14)10-12-5-4-6-13(9-12)15(16)19/h2-9H,10-11H2,1H3,(H2,16,19). The number of benzene rings is 1. The lowest BCUT2D eigenvalue weighted by molar-refractivity contribution is 0.315. The van der Waals surface area contributed by atoms with E-state index in [2.05, 4.69) is 23.0 Å². The maximum Gasteiger partial charge on any atom is 0.103 e. The van der Waals surface area contributed by atoms with Crippen molar-refractivity contribution in [2.24, 2.45) is 5.73 Å². The summed E-state index contributed by atoms with van der Waals surface area (Å²) in [5, 5.41) is 0. The Hall–Kier alpha value is -1.78. The SMILES string of the molecule is CN(Cc1cccc(C(N)=S)c1)Cc1ccccn1. The molecule has 19 heavy (non-hydrogen) atoms. The molecule has 1 aromatic carbocycles. The fourth-order valence-corrected chi connectivity index (χ4v) is 2.09. The lowest BCUT2D eigenvalue weighted by Crippen LogP contribution is -2.18. The van der Waals surface area contributed by atoms with Gasteiger partial charge in [-0.05, 0) is 30.8 Å². The number of thiocarbonyl (C=S) groups is 1. The molecule has 98 valence electrons. The van der Waals surface area contributed by atoms with E-state index in [9.17, 15) is 0 Å². The van der Waals surface area contributed by atoms with Gasteiger partial charge in [-0.15, -0.1) is 0 Å². The number of nitrogens with two attached hydrogens (primary N) is 1. The predicted octanol–water partition coefficient (Wildman–Crippen LogP) is 2.35. The lowest BCUT2D eigenvalue weighted by atomic mass is 10.1. The van der Waals surface area contributed by atoms with Crippen LogP contribution in [0.15, 0.2) is 48.7 Å². The fraction of sp³-hybridized carbons (Fsp3) is 0.200. The molecule has 0 spiro atoms. The van der Waals surface area contributed by atoms with E-state index in [1.807, 2.05) is 42.6 Å². The molecule has 3 nitrogen and oxygen atoms in total. The number of hydrogen-bond donors (Lipinski definition) is 1. The molecule has 0 amide bonds. The summed E-state index contributed by atoms with van der Waals surface area (Å²) in [5.74, 6) is 0. The van der Waals surface area contributed by atoms with Crippen LogP contribution < -0.4 is 5.73 Å². The van der Waals surface area contributed by atoms with E-state index in [0.29, 0.717) is 4.99 Å². The average Bonchev–Trinajstić information content (AvgIpc) is 2.40. The third-order valence-electron chi connectivity index (χ3n) is 2.82. The van der Waals surface area contributed by atoms with Gasteiger partial charge in [-0.2, -0.15) is 0 Å². The molecule has 0 fully saturated rings. The third-order valence-corrected chi connectivity index (χ3v) is 3.06. The Kier molecular flexibility index (Phi) is 4.60. The smallest absolute Gasteiger partial charge is 0.103 e. The highest BCUT2D eigenvalue weighted by Gasteiger charge is 2.04. The second kappa shape index (κ2) is 6.41. The van der Waals surface area contributed by atoms with E-state index < -0.39 is 0 Å². The molecule has 0 aliphatic carbocycles. The molecule has 1 aromatic heterocycles. The van der Waals surface area contributed by atoms with Gasteiger partial charge >= 0.3 is 0 Å². The predicted molar refractivity (Wildman–Crippen MR) is 81.7 cm³/mol. The minimum absolute atomic E-state index is 0.439. The molecule has 2 rings (SSSR count). The summed E-state index contributed by atoms with van der Waals surface area (Å²) in [6, 6.07) is 14.0. The van der Waals surface area contributed by atoms with E-state index in [1.54, 1.807) is 0 Å². The second-order valence-corrected chi connectivity index (χ2v) is 5.00. The molecular formula is C15H17N3S. The summed E-state index contributed by atoms with van der Waals surface area (Å²) in [4.78, 5) is 6.97. The zero-order valence-corrected chi connectivity index (χ0v) is 11.7. The minimum atomic E-state index is 0.439. The molecule has 0 saturated carbocycles. The van der Waals surface area contributed by atoms with E-state index in [-0.39, 0.29) is 0 Å². The number of nitrogens with zero attached hydrogens (tertiary/aromatic N) is 2. The molecule has 0 aliphatic rings. The molecular weight excluding hydrogens is 254 g/mol. The van der Waals surface area contributed by atoms with Crippen molar-refractivity contribution in [1.29, 1.82) is 0 Å². The van der Waals surface area contributed by atoms with E-state index in [4.69, 9.17) is 18.0 Å². The van der Waals surface area contributed by atoms with Gasteiger partial charge in [0, 0.05) is 24.8 Å². The molecule has 4 heteroatoms. The van der Waals surface area contributed by atoms with Crippen LogP contribution in [0.2, 0.25) is 0 Å². The van der Waals surface area contributed by atoms with Crippen LogP contribution in [0, 0.1) is 0 Å². The largest absolute Gasteiger partial charge is 0.389 e. The van der Waals surface area contributed by atoms with E-state index >= 15 is 0 Å². The third kappa shape index (κ3) is 4.12. The van der Waals surface area contributed by atoms with Gasteiger partial charge < -0.3 is 5.73 Å². The summed E-state index contributed by atoms with van der Waals surface area (Å²) in [6.07, 6.45) is 1.82. The molecule has 2 N–H and O–H groups in total. The van der Waals surface area contributed by atoms with Crippen molar-refractivity contribution in [3.63, 3.8) is 0 Å². The Bertz CT molecular complexity index is 554. The lowest BCUT2D eigenvalue weighted by Gasteiger charge is -2.16. The van der Waals surface area contributed by atoms with Crippen LogP contribution in [0.4, 0.5) is 0 Å². The maximum atomic E-state index is 5.64. The average molecular weight is 271 g/mol. The van der Waals surface area contributed by atoms with Crippen molar-refractivity contribution in [1.82, 2.24) is 9.88 Å². The highest BCUT2D eigenvalue weighted by Crippen LogP contribution is 2.09. The molecule has 2 aromatic rings. The highest BCUT2D eigenvalue weighted by atomic mass is 32.1. The van der Waals surface area contributed by atoms with Crippen molar-refractivity contribution in [3.05, 3.63) is 65.5 Å². The number of pyridine rings is 1. The monoisotopic (exact) mass is 271 g/mol. The number of rotatable bonds is 5. The Balaban J connectivity index is 2.01. The van der Waals surface area contributed by atoms with Gasteiger partial charge in [0.2, 0.25) is 0 Å². The van der Waals surface area contributed by atoms with Crippen molar-refractivity contribution in [2.45, 2.75) is 13.1 Å². The molecule has 0 atom stereocenters. The van der Waals surface area contributed by atoms with Gasteiger partial charge in [0.05, 0.1) is 5.69 Å². The molecule has 0 unspecified atom stereocenters. The number of aromatic nitrogens is 1. The Morgan fingerprint density at radius 3 is 2.74 bits per heavy atom. The maximum absolute atomic E-state index is 5.64. The van der Waals surface area contributed by atoms with E-state index in [0.717, 1.165) is 24.3 Å². The van der Waals surface area contributed by atoms with Crippen LogP contribution in [-0.2, 0) is 13.1 Å². The Labute approximate surface area is 119 Å². The Morgan fingerprint density at radius 2 is 2.05 bits per heavy atom. The van der Waals surface area contributed by atoms with Crippen molar-refractivity contribution in [3.8, 4) is 0 Å². The van der Waals surface area contributed by atoms with Crippen LogP contribution >= 0.6 is 12.2 Å². The first kappa shape index (κ1) is 13.6. The van der Waals surface area contributed by atoms with Crippen molar-refractivity contribution < 1.29 is 0 Å². The van der Waals surface area contributed by atoms with Crippen LogP contribution in [0.25, 0.3) is 0 Å². The first-order chi connectivity index (χ1) is 9.15. The molecule has 0 saturated heterocycles. The van der Waals surface area contributed by atoms with Gasteiger partial charge in [0.15, 0.2) is 0 Å². The van der Waals surface area contributed by atoms with Crippen LogP contribution in [0.5, 0.6) is 0 Å². The molecule has 1 heterocycles. The van der Waals surface area contributed by atoms with E-state index in [1.165, 1.54) is 5.56 Å². The van der Waals surface area contributed by atoms with Gasteiger partial charge in [-0.3, -0.25) is 9.88 Å². The van der Waals surface area contributed by atoms with Gasteiger partial charge in [0.1, 0.15) is 4.99 Å². The zero-order chi connectivity index (χ0) is 13.7. The Morgan fingerprint density at radius 1 is 1.21 bits per heavy atom. The molecule has 0 radical (unpaired) electrons. The summed E-state index contributed by atoms with van der Waals surface area (Å²) in [5.41, 5.74) is 8.82. The minimum Gasteiger partial charge on any atom is -0.389 e. The first-order valence-corrected chi connectivity index (χ1v) is 6.53. The van der Waals surface area contributed by atoms with Crippen LogP contribution in [-0.4, -0.2) is 21.9 Å². The second-order valence-electron chi connectivity index (χ2n) is 4.56. The highest BCUT2D eigenvalue weighted by molar-refractivity contribution is 7.80.